The maximum Gasteiger partial charge on any atom is 0.0851 e. The molecule has 0 aliphatic rings. The van der Waals surface area contributed by atoms with E-state index in [0.29, 0.717) is 6.42 Å². The van der Waals surface area contributed by atoms with E-state index in [1.54, 1.807) is 6.20 Å². The van der Waals surface area contributed by atoms with Gasteiger partial charge in [-0.1, -0.05) is 55.5 Å². The van der Waals surface area contributed by atoms with Crippen LogP contribution in [0.3, 0.4) is 0 Å². The summed E-state index contributed by atoms with van der Waals surface area (Å²) in [5, 5.41) is 12.7. The van der Waals surface area contributed by atoms with E-state index in [-0.39, 0.29) is 0 Å². The number of aliphatic hydroxyl groups excluding tert-OH is 1. The molecule has 2 aromatic carbocycles. The molecule has 2 nitrogen and oxygen atoms in total. The lowest BCUT2D eigenvalue weighted by Gasteiger charge is -2.13. The zero-order chi connectivity index (χ0) is 14.7. The van der Waals surface area contributed by atoms with Gasteiger partial charge in [0.1, 0.15) is 0 Å². The second-order valence-electron chi connectivity index (χ2n) is 5.34. The molecule has 0 spiro atoms. The molecule has 2 heteroatoms. The van der Waals surface area contributed by atoms with Gasteiger partial charge in [0, 0.05) is 29.8 Å². The highest BCUT2D eigenvalue weighted by atomic mass is 16.3. The molecule has 21 heavy (non-hydrogen) atoms. The molecule has 0 fully saturated rings. The van der Waals surface area contributed by atoms with Gasteiger partial charge >= 0.3 is 0 Å². The lowest BCUT2D eigenvalue weighted by Crippen LogP contribution is -2.03. The van der Waals surface area contributed by atoms with Gasteiger partial charge in [-0.3, -0.25) is 4.98 Å². The van der Waals surface area contributed by atoms with Gasteiger partial charge in [-0.15, -0.1) is 0 Å². The maximum atomic E-state index is 10.6. The van der Waals surface area contributed by atoms with Crippen LogP contribution >= 0.6 is 0 Å². The number of hydrogen-bond donors (Lipinski definition) is 1. The molecule has 1 atom stereocenters. The molecule has 1 aromatic heterocycles. The van der Waals surface area contributed by atoms with Crippen LogP contribution in [-0.4, -0.2) is 10.1 Å². The third-order valence-electron chi connectivity index (χ3n) is 3.92. The number of rotatable bonds is 4. The predicted molar refractivity (Wildman–Crippen MR) is 86.2 cm³/mol. The van der Waals surface area contributed by atoms with Crippen LogP contribution in [-0.2, 0) is 12.8 Å². The van der Waals surface area contributed by atoms with Crippen LogP contribution in [0, 0.1) is 0 Å². The van der Waals surface area contributed by atoms with Crippen molar-refractivity contribution in [2.45, 2.75) is 25.9 Å². The molecule has 0 amide bonds. The number of aryl methyl sites for hydroxylation is 1. The molecule has 3 aromatic rings. The molecule has 0 saturated carbocycles. The van der Waals surface area contributed by atoms with E-state index in [4.69, 9.17) is 0 Å². The second kappa shape index (κ2) is 6.06. The topological polar surface area (TPSA) is 33.1 Å². The van der Waals surface area contributed by atoms with Crippen LogP contribution in [0.25, 0.3) is 10.8 Å². The van der Waals surface area contributed by atoms with Crippen molar-refractivity contribution >= 4 is 10.8 Å². The van der Waals surface area contributed by atoms with Crippen molar-refractivity contribution in [2.24, 2.45) is 0 Å². The summed E-state index contributed by atoms with van der Waals surface area (Å²) in [6.45, 7) is 2.14. The van der Waals surface area contributed by atoms with E-state index < -0.39 is 6.10 Å². The number of aliphatic hydroxyl groups is 1. The predicted octanol–water partition coefficient (Wildman–Crippen LogP) is 4.07. The van der Waals surface area contributed by atoms with E-state index >= 15 is 0 Å². The second-order valence-corrected chi connectivity index (χ2v) is 5.34. The Morgan fingerprint density at radius 3 is 2.43 bits per heavy atom. The maximum absolute atomic E-state index is 10.6. The largest absolute Gasteiger partial charge is 0.388 e. The van der Waals surface area contributed by atoms with Gasteiger partial charge in [-0.25, -0.2) is 0 Å². The zero-order valence-corrected chi connectivity index (χ0v) is 12.2. The van der Waals surface area contributed by atoms with Gasteiger partial charge in [0.25, 0.3) is 0 Å². The molecular formula is C19H19NO. The Hall–Kier alpha value is -2.19. The molecule has 1 unspecified atom stereocenters. The molecule has 1 heterocycles. The number of nitrogens with zero attached hydrogens (tertiary/aromatic N) is 1. The summed E-state index contributed by atoms with van der Waals surface area (Å²) >= 11 is 0. The first-order valence-corrected chi connectivity index (χ1v) is 7.36. The molecule has 0 radical (unpaired) electrons. The first-order valence-electron chi connectivity index (χ1n) is 7.36. The summed E-state index contributed by atoms with van der Waals surface area (Å²) in [5.41, 5.74) is 3.36. The van der Waals surface area contributed by atoms with Crippen LogP contribution in [0.15, 0.2) is 60.9 Å². The minimum absolute atomic E-state index is 0.531. The summed E-state index contributed by atoms with van der Waals surface area (Å²) in [4.78, 5) is 4.24. The molecular weight excluding hydrogens is 258 g/mol. The Kier molecular flexibility index (Phi) is 3.98. The Morgan fingerprint density at radius 2 is 1.67 bits per heavy atom. The highest BCUT2D eigenvalue weighted by Gasteiger charge is 2.12. The van der Waals surface area contributed by atoms with E-state index in [1.165, 1.54) is 5.56 Å². The van der Waals surface area contributed by atoms with Crippen LogP contribution in [0.2, 0.25) is 0 Å². The fourth-order valence-electron chi connectivity index (χ4n) is 2.65. The quantitative estimate of drug-likeness (QED) is 0.779. The summed E-state index contributed by atoms with van der Waals surface area (Å²) < 4.78 is 0. The highest BCUT2D eigenvalue weighted by molar-refractivity contribution is 5.84. The molecule has 3 rings (SSSR count). The minimum Gasteiger partial charge on any atom is -0.388 e. The molecule has 1 N–H and O–H groups in total. The van der Waals surface area contributed by atoms with Crippen molar-refractivity contribution in [3.63, 3.8) is 0 Å². The molecule has 0 saturated heterocycles. The number of aromatic nitrogens is 1. The SMILES string of the molecule is CCc1ccc(CC(O)c2cncc3ccccc23)cc1. The number of hydrogen-bond acceptors (Lipinski definition) is 2. The lowest BCUT2D eigenvalue weighted by molar-refractivity contribution is 0.179. The van der Waals surface area contributed by atoms with Crippen molar-refractivity contribution in [1.82, 2.24) is 4.98 Å². The van der Waals surface area contributed by atoms with Crippen molar-refractivity contribution in [3.8, 4) is 0 Å². The van der Waals surface area contributed by atoms with Crippen LogP contribution < -0.4 is 0 Å². The molecule has 0 bridgehead atoms. The Labute approximate surface area is 125 Å². The van der Waals surface area contributed by atoms with E-state index in [0.717, 1.165) is 28.3 Å². The minimum atomic E-state index is -0.531. The van der Waals surface area contributed by atoms with E-state index in [1.807, 2.05) is 30.5 Å². The normalized spacial score (nSPS) is 12.5. The Balaban J connectivity index is 1.88. The van der Waals surface area contributed by atoms with Crippen molar-refractivity contribution < 1.29 is 5.11 Å². The average Bonchev–Trinajstić information content (AvgIpc) is 2.55. The first kappa shape index (κ1) is 13.8. The highest BCUT2D eigenvalue weighted by Crippen LogP contribution is 2.25. The van der Waals surface area contributed by atoms with Crippen molar-refractivity contribution in [2.75, 3.05) is 0 Å². The molecule has 106 valence electrons. The van der Waals surface area contributed by atoms with Crippen LogP contribution in [0.5, 0.6) is 0 Å². The third-order valence-corrected chi connectivity index (χ3v) is 3.92. The molecule has 0 aliphatic heterocycles. The van der Waals surface area contributed by atoms with Gasteiger partial charge in [0.2, 0.25) is 0 Å². The summed E-state index contributed by atoms with van der Waals surface area (Å²) in [5.74, 6) is 0. The third kappa shape index (κ3) is 2.96. The number of fused-ring (bicyclic) bond motifs is 1. The van der Waals surface area contributed by atoms with Crippen molar-refractivity contribution in [1.29, 1.82) is 0 Å². The summed E-state index contributed by atoms with van der Waals surface area (Å²) in [7, 11) is 0. The molecule has 0 aliphatic carbocycles. The van der Waals surface area contributed by atoms with Crippen molar-refractivity contribution in [3.05, 3.63) is 77.6 Å². The fraction of sp³-hybridized carbons (Fsp3) is 0.211. The van der Waals surface area contributed by atoms with E-state index in [2.05, 4.69) is 36.2 Å². The van der Waals surface area contributed by atoms with Gasteiger partial charge in [-0.05, 0) is 22.9 Å². The monoisotopic (exact) mass is 277 g/mol. The average molecular weight is 277 g/mol. The Morgan fingerprint density at radius 1 is 0.952 bits per heavy atom. The smallest absolute Gasteiger partial charge is 0.0851 e. The lowest BCUT2D eigenvalue weighted by atomic mass is 9.97. The van der Waals surface area contributed by atoms with Crippen LogP contribution in [0.4, 0.5) is 0 Å². The Bertz CT molecular complexity index is 729. The van der Waals surface area contributed by atoms with E-state index in [9.17, 15) is 5.11 Å². The summed E-state index contributed by atoms with van der Waals surface area (Å²) in [6, 6.07) is 16.5. The number of benzene rings is 2. The zero-order valence-electron chi connectivity index (χ0n) is 12.2. The first-order chi connectivity index (χ1) is 10.3. The van der Waals surface area contributed by atoms with Gasteiger partial charge in [-0.2, -0.15) is 0 Å². The summed E-state index contributed by atoms with van der Waals surface area (Å²) in [6.07, 6.45) is 4.72. The van der Waals surface area contributed by atoms with Crippen LogP contribution in [0.1, 0.15) is 29.7 Å². The fourth-order valence-corrected chi connectivity index (χ4v) is 2.65. The number of pyridine rings is 1. The van der Waals surface area contributed by atoms with Gasteiger partial charge in [0.15, 0.2) is 0 Å². The van der Waals surface area contributed by atoms with Gasteiger partial charge in [0.05, 0.1) is 6.10 Å². The standard InChI is InChI=1S/C19H19NO/c1-2-14-7-9-15(10-8-14)11-19(21)18-13-20-12-16-5-3-4-6-17(16)18/h3-10,12-13,19,21H,2,11H2,1H3. The van der Waals surface area contributed by atoms with Gasteiger partial charge < -0.3 is 5.11 Å².